The standard InChI is InChI=1S/C34H63N5O9/c1-17(2)12-23(37-33(47)31(21(9)10)39-34(48)30(20(7)8)38-27(42)14-19(5)6)25(40)15-28(43)35-22(11)32(46)36-24(13-18(3)4)26(41)16-29(44)45/h17-26,30-31,40-41H,12-16H2,1-11H3,(H,35,43)(H,36,46)(H,37,47)(H,38,42)(H,39,48)(H,44,45)/t22-,23-,24-,25-,26+,30+,31+/m1/s1. The van der Waals surface area contributed by atoms with Gasteiger partial charge in [0.15, 0.2) is 0 Å². The summed E-state index contributed by atoms with van der Waals surface area (Å²) in [5.41, 5.74) is 0. The minimum atomic E-state index is -1.33. The molecule has 0 aromatic carbocycles. The SMILES string of the molecule is CC(C)CC(=O)N[C@H](C(=O)N[C@H](C(=O)N[C@H](CC(C)C)[C@H](O)CC(=O)N[C@H](C)C(=O)N[C@H](CC(C)C)[C@@H](O)CC(=O)O)C(C)C)C(C)C. The van der Waals surface area contributed by atoms with Gasteiger partial charge in [-0.1, -0.05) is 69.2 Å². The molecule has 0 aliphatic carbocycles. The summed E-state index contributed by atoms with van der Waals surface area (Å²) in [4.78, 5) is 75.9. The maximum atomic E-state index is 13.5. The fourth-order valence-electron chi connectivity index (χ4n) is 5.16. The molecule has 0 heterocycles. The Labute approximate surface area is 286 Å². The highest BCUT2D eigenvalue weighted by Gasteiger charge is 2.34. The van der Waals surface area contributed by atoms with Crippen molar-refractivity contribution in [2.24, 2.45) is 29.6 Å². The van der Waals surface area contributed by atoms with Gasteiger partial charge in [0.05, 0.1) is 37.1 Å². The number of aliphatic carboxylic acids is 1. The van der Waals surface area contributed by atoms with Crippen LogP contribution in [0.15, 0.2) is 0 Å². The molecular formula is C34H63N5O9. The van der Waals surface area contributed by atoms with Crippen molar-refractivity contribution in [1.82, 2.24) is 26.6 Å². The molecule has 0 aliphatic heterocycles. The summed E-state index contributed by atoms with van der Waals surface area (Å²) in [7, 11) is 0. The molecule has 0 unspecified atom stereocenters. The van der Waals surface area contributed by atoms with Gasteiger partial charge in [0.2, 0.25) is 29.5 Å². The third kappa shape index (κ3) is 17.8. The van der Waals surface area contributed by atoms with Crippen LogP contribution in [0.2, 0.25) is 0 Å². The van der Waals surface area contributed by atoms with Crippen molar-refractivity contribution in [3.63, 3.8) is 0 Å². The molecule has 0 rings (SSSR count). The summed E-state index contributed by atoms with van der Waals surface area (Å²) in [6.45, 7) is 19.8. The van der Waals surface area contributed by atoms with E-state index < -0.39 is 84.9 Å². The highest BCUT2D eigenvalue weighted by molar-refractivity contribution is 5.92. The maximum absolute atomic E-state index is 13.5. The van der Waals surface area contributed by atoms with Crippen molar-refractivity contribution >= 4 is 35.5 Å². The number of amides is 5. The van der Waals surface area contributed by atoms with Gasteiger partial charge in [-0.3, -0.25) is 28.8 Å². The lowest BCUT2D eigenvalue weighted by Gasteiger charge is -2.31. The molecule has 278 valence electrons. The van der Waals surface area contributed by atoms with E-state index in [0.29, 0.717) is 12.8 Å². The van der Waals surface area contributed by atoms with Crippen molar-refractivity contribution in [1.29, 1.82) is 0 Å². The molecule has 14 heteroatoms. The quantitative estimate of drug-likeness (QED) is 0.0825. The van der Waals surface area contributed by atoms with E-state index in [1.54, 1.807) is 27.7 Å². The first kappa shape index (κ1) is 44.7. The topological polar surface area (TPSA) is 223 Å². The molecule has 48 heavy (non-hydrogen) atoms. The Bertz CT molecular complexity index is 1060. The average Bonchev–Trinajstić information content (AvgIpc) is 2.91. The molecule has 0 aromatic rings. The molecule has 14 nitrogen and oxygen atoms in total. The Morgan fingerprint density at radius 2 is 0.875 bits per heavy atom. The molecule has 0 aliphatic rings. The van der Waals surface area contributed by atoms with Crippen LogP contribution in [0.25, 0.3) is 0 Å². The van der Waals surface area contributed by atoms with Gasteiger partial charge < -0.3 is 41.9 Å². The second-order valence-corrected chi connectivity index (χ2v) is 14.8. The highest BCUT2D eigenvalue weighted by atomic mass is 16.4. The molecule has 0 saturated heterocycles. The number of carbonyl (C=O) groups excluding carboxylic acids is 5. The molecule has 0 radical (unpaired) electrons. The molecule has 5 amide bonds. The first-order chi connectivity index (χ1) is 22.0. The summed E-state index contributed by atoms with van der Waals surface area (Å²) in [6, 6.07) is -4.61. The van der Waals surface area contributed by atoms with Crippen LogP contribution >= 0.6 is 0 Å². The lowest BCUT2D eigenvalue weighted by molar-refractivity contribution is -0.140. The van der Waals surface area contributed by atoms with E-state index in [1.807, 2.05) is 41.5 Å². The number of carboxylic acid groups (broad SMARTS) is 1. The van der Waals surface area contributed by atoms with Crippen molar-refractivity contribution in [3.05, 3.63) is 0 Å². The first-order valence-corrected chi connectivity index (χ1v) is 17.1. The van der Waals surface area contributed by atoms with Gasteiger partial charge in [0.25, 0.3) is 0 Å². The maximum Gasteiger partial charge on any atom is 0.306 e. The third-order valence-electron chi connectivity index (χ3n) is 7.69. The monoisotopic (exact) mass is 685 g/mol. The zero-order valence-corrected chi connectivity index (χ0v) is 30.8. The van der Waals surface area contributed by atoms with E-state index in [-0.39, 0.29) is 41.9 Å². The van der Waals surface area contributed by atoms with Crippen LogP contribution in [0, 0.1) is 29.6 Å². The van der Waals surface area contributed by atoms with Gasteiger partial charge in [0, 0.05) is 6.42 Å². The van der Waals surface area contributed by atoms with Gasteiger partial charge in [-0.15, -0.1) is 0 Å². The third-order valence-corrected chi connectivity index (χ3v) is 7.69. The Balaban J connectivity index is 5.60. The van der Waals surface area contributed by atoms with Gasteiger partial charge in [0.1, 0.15) is 18.1 Å². The molecule has 0 saturated carbocycles. The minimum Gasteiger partial charge on any atom is -0.481 e. The van der Waals surface area contributed by atoms with E-state index in [1.165, 1.54) is 6.92 Å². The van der Waals surface area contributed by atoms with Crippen molar-refractivity contribution < 1.29 is 44.1 Å². The fraction of sp³-hybridized carbons (Fsp3) is 0.824. The lowest BCUT2D eigenvalue weighted by Crippen LogP contribution is -2.59. The van der Waals surface area contributed by atoms with Gasteiger partial charge in [-0.2, -0.15) is 0 Å². The molecule has 0 aromatic heterocycles. The van der Waals surface area contributed by atoms with Crippen LogP contribution in [-0.2, 0) is 28.8 Å². The summed E-state index contributed by atoms with van der Waals surface area (Å²) in [5, 5.41) is 43.9. The van der Waals surface area contributed by atoms with Crippen molar-refractivity contribution in [3.8, 4) is 0 Å². The number of rotatable bonds is 22. The predicted molar refractivity (Wildman–Crippen MR) is 182 cm³/mol. The number of carboxylic acids is 1. The fourth-order valence-corrected chi connectivity index (χ4v) is 5.16. The Morgan fingerprint density at radius 1 is 0.479 bits per heavy atom. The summed E-state index contributed by atoms with van der Waals surface area (Å²) in [6.07, 6.45) is -2.76. The number of aliphatic hydroxyl groups is 2. The van der Waals surface area contributed by atoms with Crippen LogP contribution < -0.4 is 26.6 Å². The average molecular weight is 686 g/mol. The van der Waals surface area contributed by atoms with Crippen molar-refractivity contribution in [2.45, 2.75) is 151 Å². The number of nitrogens with one attached hydrogen (secondary N) is 5. The van der Waals surface area contributed by atoms with E-state index in [4.69, 9.17) is 5.11 Å². The molecule has 0 fully saturated rings. The number of carbonyl (C=O) groups is 6. The Hall–Kier alpha value is -3.26. The Morgan fingerprint density at radius 3 is 1.29 bits per heavy atom. The number of aliphatic hydroxyl groups excluding tert-OH is 2. The summed E-state index contributed by atoms with van der Waals surface area (Å²) in [5.74, 6) is -4.25. The van der Waals surface area contributed by atoms with Crippen LogP contribution in [0.4, 0.5) is 0 Å². The van der Waals surface area contributed by atoms with Crippen LogP contribution in [0.3, 0.4) is 0 Å². The second kappa shape index (κ2) is 21.7. The van der Waals surface area contributed by atoms with E-state index >= 15 is 0 Å². The highest BCUT2D eigenvalue weighted by Crippen LogP contribution is 2.15. The molecule has 0 bridgehead atoms. The molecule has 0 spiro atoms. The molecule has 8 N–H and O–H groups in total. The summed E-state index contributed by atoms with van der Waals surface area (Å²) >= 11 is 0. The van der Waals surface area contributed by atoms with Crippen LogP contribution in [0.1, 0.15) is 108 Å². The smallest absolute Gasteiger partial charge is 0.306 e. The van der Waals surface area contributed by atoms with Crippen LogP contribution in [-0.4, -0.2) is 93.2 Å². The van der Waals surface area contributed by atoms with E-state index in [0.717, 1.165) is 0 Å². The lowest BCUT2D eigenvalue weighted by atomic mass is 9.95. The summed E-state index contributed by atoms with van der Waals surface area (Å²) < 4.78 is 0. The number of hydrogen-bond acceptors (Lipinski definition) is 8. The predicted octanol–water partition coefficient (Wildman–Crippen LogP) is 1.47. The number of hydrogen-bond donors (Lipinski definition) is 8. The second-order valence-electron chi connectivity index (χ2n) is 14.8. The zero-order valence-electron chi connectivity index (χ0n) is 30.8. The van der Waals surface area contributed by atoms with Crippen molar-refractivity contribution in [2.75, 3.05) is 0 Å². The molecular weight excluding hydrogens is 622 g/mol. The largest absolute Gasteiger partial charge is 0.481 e. The van der Waals surface area contributed by atoms with Crippen LogP contribution in [0.5, 0.6) is 0 Å². The van der Waals surface area contributed by atoms with E-state index in [9.17, 15) is 39.0 Å². The Kier molecular flexibility index (Phi) is 20.2. The molecule has 7 atom stereocenters. The van der Waals surface area contributed by atoms with Gasteiger partial charge in [-0.05, 0) is 49.4 Å². The van der Waals surface area contributed by atoms with Gasteiger partial charge >= 0.3 is 5.97 Å². The minimum absolute atomic E-state index is 0.0152. The van der Waals surface area contributed by atoms with Gasteiger partial charge in [-0.25, -0.2) is 0 Å². The first-order valence-electron chi connectivity index (χ1n) is 17.1. The van der Waals surface area contributed by atoms with E-state index in [2.05, 4.69) is 26.6 Å². The zero-order chi connectivity index (χ0) is 37.5. The normalized spacial score (nSPS) is 16.1.